The molecule has 0 aromatic carbocycles. The largest absolute Gasteiger partial charge is 0.353 e. The van der Waals surface area contributed by atoms with Crippen LogP contribution in [0.15, 0.2) is 11.4 Å². The SMILES string of the molecule is CC(=O)NC1CCN(C(=O)c2csc(C#CCN)c2)CC1. The van der Waals surface area contributed by atoms with Crippen molar-refractivity contribution in [2.24, 2.45) is 5.73 Å². The van der Waals surface area contributed by atoms with E-state index < -0.39 is 0 Å². The Bertz CT molecular complexity index is 577. The van der Waals surface area contributed by atoms with Crippen LogP contribution in [0.25, 0.3) is 0 Å². The second kappa shape index (κ2) is 7.25. The van der Waals surface area contributed by atoms with Gasteiger partial charge >= 0.3 is 0 Å². The molecule has 1 saturated heterocycles. The maximum Gasteiger partial charge on any atom is 0.254 e. The van der Waals surface area contributed by atoms with Gasteiger partial charge in [-0.15, -0.1) is 11.3 Å². The number of thiophene rings is 1. The quantitative estimate of drug-likeness (QED) is 0.794. The Morgan fingerprint density at radius 1 is 1.48 bits per heavy atom. The van der Waals surface area contributed by atoms with E-state index in [4.69, 9.17) is 5.73 Å². The van der Waals surface area contributed by atoms with Crippen molar-refractivity contribution >= 4 is 23.2 Å². The van der Waals surface area contributed by atoms with Crippen molar-refractivity contribution < 1.29 is 9.59 Å². The molecule has 0 bridgehead atoms. The summed E-state index contributed by atoms with van der Waals surface area (Å²) in [5.74, 6) is 5.74. The van der Waals surface area contributed by atoms with Gasteiger partial charge in [0.05, 0.1) is 17.0 Å². The van der Waals surface area contributed by atoms with Crippen molar-refractivity contribution in [2.75, 3.05) is 19.6 Å². The van der Waals surface area contributed by atoms with Gasteiger partial charge in [0.2, 0.25) is 5.91 Å². The van der Waals surface area contributed by atoms with Crippen molar-refractivity contribution in [3.63, 3.8) is 0 Å². The maximum absolute atomic E-state index is 12.4. The highest BCUT2D eigenvalue weighted by atomic mass is 32.1. The molecule has 21 heavy (non-hydrogen) atoms. The van der Waals surface area contributed by atoms with Crippen molar-refractivity contribution in [1.29, 1.82) is 0 Å². The van der Waals surface area contributed by atoms with Crippen LogP contribution in [0, 0.1) is 11.8 Å². The number of piperidine rings is 1. The normalized spacial score (nSPS) is 15.2. The number of carbonyl (C=O) groups is 2. The fraction of sp³-hybridized carbons (Fsp3) is 0.467. The molecule has 0 radical (unpaired) electrons. The number of rotatable bonds is 2. The van der Waals surface area contributed by atoms with Crippen LogP contribution >= 0.6 is 11.3 Å². The summed E-state index contributed by atoms with van der Waals surface area (Å²) in [5, 5.41) is 4.74. The summed E-state index contributed by atoms with van der Waals surface area (Å²) in [6, 6.07) is 2.00. The van der Waals surface area contributed by atoms with E-state index in [9.17, 15) is 9.59 Å². The first-order chi connectivity index (χ1) is 10.1. The molecule has 6 heteroatoms. The molecule has 1 aliphatic rings. The first kappa shape index (κ1) is 15.5. The summed E-state index contributed by atoms with van der Waals surface area (Å²) < 4.78 is 0. The second-order valence-corrected chi connectivity index (χ2v) is 5.88. The lowest BCUT2D eigenvalue weighted by atomic mass is 10.0. The molecule has 0 spiro atoms. The highest BCUT2D eigenvalue weighted by Gasteiger charge is 2.24. The lowest BCUT2D eigenvalue weighted by molar-refractivity contribution is -0.119. The number of nitrogens with one attached hydrogen (secondary N) is 1. The lowest BCUT2D eigenvalue weighted by Crippen LogP contribution is -2.46. The number of hydrogen-bond acceptors (Lipinski definition) is 4. The summed E-state index contributed by atoms with van der Waals surface area (Å²) in [6.45, 7) is 3.18. The third kappa shape index (κ3) is 4.31. The van der Waals surface area contributed by atoms with Crippen LogP contribution in [-0.2, 0) is 4.79 Å². The zero-order valence-corrected chi connectivity index (χ0v) is 12.8. The van der Waals surface area contributed by atoms with Crippen molar-refractivity contribution in [1.82, 2.24) is 10.2 Å². The standard InChI is InChI=1S/C15H19N3O2S/c1-11(19)17-13-4-7-18(8-5-13)15(20)12-9-14(21-10-12)3-2-6-16/h9-10,13H,4-8,16H2,1H3,(H,17,19). The van der Waals surface area contributed by atoms with E-state index in [-0.39, 0.29) is 17.9 Å². The number of likely N-dealkylation sites (tertiary alicyclic amines) is 1. The van der Waals surface area contributed by atoms with Crippen LogP contribution in [0.3, 0.4) is 0 Å². The fourth-order valence-corrected chi connectivity index (χ4v) is 3.10. The van der Waals surface area contributed by atoms with Crippen molar-refractivity contribution in [2.45, 2.75) is 25.8 Å². The first-order valence-corrected chi connectivity index (χ1v) is 7.82. The van der Waals surface area contributed by atoms with Crippen LogP contribution in [0.4, 0.5) is 0 Å². The van der Waals surface area contributed by atoms with Gasteiger partial charge in [-0.1, -0.05) is 11.8 Å². The molecule has 1 aromatic heterocycles. The molecule has 1 aliphatic heterocycles. The second-order valence-electron chi connectivity index (χ2n) is 4.97. The smallest absolute Gasteiger partial charge is 0.254 e. The number of carbonyl (C=O) groups excluding carboxylic acids is 2. The highest BCUT2D eigenvalue weighted by Crippen LogP contribution is 2.18. The van der Waals surface area contributed by atoms with Gasteiger partial charge in [-0.3, -0.25) is 9.59 Å². The molecular formula is C15H19N3O2S. The molecule has 0 unspecified atom stereocenters. The average Bonchev–Trinajstić information content (AvgIpc) is 2.93. The van der Waals surface area contributed by atoms with Gasteiger partial charge in [-0.05, 0) is 18.9 Å². The predicted octanol–water partition coefficient (Wildman–Crippen LogP) is 0.799. The van der Waals surface area contributed by atoms with Crippen molar-refractivity contribution in [3.8, 4) is 11.8 Å². The van der Waals surface area contributed by atoms with Crippen LogP contribution in [0.5, 0.6) is 0 Å². The molecule has 1 aromatic rings. The molecule has 3 N–H and O–H groups in total. The highest BCUT2D eigenvalue weighted by molar-refractivity contribution is 7.10. The van der Waals surface area contributed by atoms with Crippen LogP contribution in [0.1, 0.15) is 35.0 Å². The fourth-order valence-electron chi connectivity index (χ4n) is 2.35. The van der Waals surface area contributed by atoms with Crippen molar-refractivity contribution in [3.05, 3.63) is 21.9 Å². The monoisotopic (exact) mass is 305 g/mol. The van der Waals surface area contributed by atoms with Gasteiger partial charge in [0.15, 0.2) is 0 Å². The van der Waals surface area contributed by atoms with E-state index in [1.807, 2.05) is 16.3 Å². The topological polar surface area (TPSA) is 75.4 Å². The minimum Gasteiger partial charge on any atom is -0.353 e. The average molecular weight is 305 g/mol. The zero-order chi connectivity index (χ0) is 15.2. The molecular weight excluding hydrogens is 286 g/mol. The molecule has 5 nitrogen and oxygen atoms in total. The molecule has 0 saturated carbocycles. The molecule has 0 aliphatic carbocycles. The number of nitrogens with zero attached hydrogens (tertiary/aromatic N) is 1. The molecule has 2 rings (SSSR count). The Hall–Kier alpha value is -1.84. The summed E-state index contributed by atoms with van der Waals surface area (Å²) in [6.07, 6.45) is 1.60. The number of amides is 2. The summed E-state index contributed by atoms with van der Waals surface area (Å²) in [7, 11) is 0. The number of nitrogens with two attached hydrogens (primary N) is 1. The van der Waals surface area contributed by atoms with Gasteiger partial charge in [-0.25, -0.2) is 0 Å². The molecule has 0 atom stereocenters. The van der Waals surface area contributed by atoms with E-state index in [2.05, 4.69) is 17.2 Å². The van der Waals surface area contributed by atoms with Crippen LogP contribution in [0.2, 0.25) is 0 Å². The maximum atomic E-state index is 12.4. The summed E-state index contributed by atoms with van der Waals surface area (Å²) in [5.41, 5.74) is 6.01. The van der Waals surface area contributed by atoms with E-state index in [1.165, 1.54) is 18.3 Å². The Labute approximate surface area is 128 Å². The van der Waals surface area contributed by atoms with Gasteiger partial charge in [-0.2, -0.15) is 0 Å². The number of hydrogen-bond donors (Lipinski definition) is 2. The Kier molecular flexibility index (Phi) is 5.37. The van der Waals surface area contributed by atoms with E-state index in [0.29, 0.717) is 25.2 Å². The Balaban J connectivity index is 1.92. The Morgan fingerprint density at radius 2 is 2.19 bits per heavy atom. The van der Waals surface area contributed by atoms with E-state index in [1.54, 1.807) is 0 Å². The van der Waals surface area contributed by atoms with Crippen LogP contribution in [-0.4, -0.2) is 42.4 Å². The third-order valence-electron chi connectivity index (χ3n) is 3.35. The third-order valence-corrected chi connectivity index (χ3v) is 4.20. The van der Waals surface area contributed by atoms with Gasteiger partial charge in [0, 0.05) is 31.4 Å². The van der Waals surface area contributed by atoms with Gasteiger partial charge in [0.25, 0.3) is 5.91 Å². The van der Waals surface area contributed by atoms with Crippen LogP contribution < -0.4 is 11.1 Å². The van der Waals surface area contributed by atoms with E-state index in [0.717, 1.165) is 17.7 Å². The minimum atomic E-state index is -0.0132. The molecule has 112 valence electrons. The molecule has 2 heterocycles. The predicted molar refractivity (Wildman–Crippen MR) is 83.0 cm³/mol. The Morgan fingerprint density at radius 3 is 2.81 bits per heavy atom. The first-order valence-electron chi connectivity index (χ1n) is 6.94. The zero-order valence-electron chi connectivity index (χ0n) is 12.0. The van der Waals surface area contributed by atoms with Gasteiger partial charge < -0.3 is 16.0 Å². The summed E-state index contributed by atoms with van der Waals surface area (Å²) >= 11 is 1.46. The minimum absolute atomic E-state index is 0.0132. The summed E-state index contributed by atoms with van der Waals surface area (Å²) in [4.78, 5) is 26.1. The van der Waals surface area contributed by atoms with E-state index >= 15 is 0 Å². The lowest BCUT2D eigenvalue weighted by Gasteiger charge is -2.32. The van der Waals surface area contributed by atoms with Gasteiger partial charge in [0.1, 0.15) is 0 Å². The molecule has 2 amide bonds. The molecule has 1 fully saturated rings.